The monoisotopic (exact) mass is 320 g/mol. The summed E-state index contributed by atoms with van der Waals surface area (Å²) in [5.74, 6) is 0.890. The third-order valence-electron chi connectivity index (χ3n) is 2.59. The Hall–Kier alpha value is -2.01. The first-order valence-corrected chi connectivity index (χ1v) is 6.44. The van der Waals surface area contributed by atoms with Gasteiger partial charge in [-0.3, -0.25) is 0 Å². The van der Waals surface area contributed by atoms with E-state index in [4.69, 9.17) is 15.7 Å². The Balaban J connectivity index is 2.03. The standard InChI is InChI=1S/C14H13BrN2O2/c15-12-3-1-2-4-13(12)19-9-10-5-7-11(8-6-10)14(16)17-18/h1-8,18H,9H2,(H2,16,17). The first-order valence-electron chi connectivity index (χ1n) is 5.65. The van der Waals surface area contributed by atoms with Crippen LogP contribution in [0.3, 0.4) is 0 Å². The van der Waals surface area contributed by atoms with E-state index in [0.717, 1.165) is 15.8 Å². The SMILES string of the molecule is N/C(=N\O)c1ccc(COc2ccccc2Br)cc1. The van der Waals surface area contributed by atoms with E-state index in [0.29, 0.717) is 12.2 Å². The van der Waals surface area contributed by atoms with Crippen molar-refractivity contribution in [3.63, 3.8) is 0 Å². The molecular weight excluding hydrogens is 308 g/mol. The van der Waals surface area contributed by atoms with E-state index in [1.807, 2.05) is 36.4 Å². The molecule has 0 aliphatic rings. The molecule has 2 aromatic rings. The van der Waals surface area contributed by atoms with E-state index in [1.165, 1.54) is 0 Å². The van der Waals surface area contributed by atoms with Crippen molar-refractivity contribution in [2.24, 2.45) is 10.9 Å². The number of hydrogen-bond acceptors (Lipinski definition) is 3. The minimum absolute atomic E-state index is 0.0956. The zero-order valence-corrected chi connectivity index (χ0v) is 11.7. The number of rotatable bonds is 4. The third-order valence-corrected chi connectivity index (χ3v) is 3.24. The highest BCUT2D eigenvalue weighted by molar-refractivity contribution is 9.10. The molecule has 0 unspecified atom stereocenters. The lowest BCUT2D eigenvalue weighted by Gasteiger charge is -2.08. The molecule has 2 rings (SSSR count). The van der Waals surface area contributed by atoms with Crippen molar-refractivity contribution >= 4 is 21.8 Å². The molecule has 0 heterocycles. The molecule has 0 aliphatic carbocycles. The molecule has 0 saturated heterocycles. The van der Waals surface area contributed by atoms with Gasteiger partial charge < -0.3 is 15.7 Å². The molecule has 4 nitrogen and oxygen atoms in total. The maximum absolute atomic E-state index is 8.57. The van der Waals surface area contributed by atoms with Gasteiger partial charge in [-0.05, 0) is 33.6 Å². The van der Waals surface area contributed by atoms with Crippen LogP contribution >= 0.6 is 15.9 Å². The highest BCUT2D eigenvalue weighted by Crippen LogP contribution is 2.24. The third kappa shape index (κ3) is 3.48. The largest absolute Gasteiger partial charge is 0.488 e. The smallest absolute Gasteiger partial charge is 0.170 e. The van der Waals surface area contributed by atoms with Crippen molar-refractivity contribution in [3.05, 3.63) is 64.1 Å². The summed E-state index contributed by atoms with van der Waals surface area (Å²) < 4.78 is 6.61. The van der Waals surface area contributed by atoms with Crippen molar-refractivity contribution in [3.8, 4) is 5.75 Å². The molecular formula is C14H13BrN2O2. The molecule has 0 amide bonds. The fourth-order valence-electron chi connectivity index (χ4n) is 1.55. The molecule has 2 aromatic carbocycles. The van der Waals surface area contributed by atoms with Gasteiger partial charge in [0.15, 0.2) is 5.84 Å². The Morgan fingerprint density at radius 1 is 1.16 bits per heavy atom. The molecule has 0 spiro atoms. The van der Waals surface area contributed by atoms with E-state index in [2.05, 4.69) is 21.1 Å². The molecule has 98 valence electrons. The van der Waals surface area contributed by atoms with Crippen molar-refractivity contribution in [2.75, 3.05) is 0 Å². The van der Waals surface area contributed by atoms with Crippen LogP contribution in [0.2, 0.25) is 0 Å². The lowest BCUT2D eigenvalue weighted by atomic mass is 10.1. The van der Waals surface area contributed by atoms with Gasteiger partial charge in [-0.2, -0.15) is 0 Å². The van der Waals surface area contributed by atoms with E-state index >= 15 is 0 Å². The fourth-order valence-corrected chi connectivity index (χ4v) is 1.95. The van der Waals surface area contributed by atoms with Gasteiger partial charge in [0, 0.05) is 5.56 Å². The minimum atomic E-state index is 0.0956. The van der Waals surface area contributed by atoms with E-state index in [1.54, 1.807) is 12.1 Å². The summed E-state index contributed by atoms with van der Waals surface area (Å²) in [7, 11) is 0. The highest BCUT2D eigenvalue weighted by atomic mass is 79.9. The van der Waals surface area contributed by atoms with Crippen LogP contribution < -0.4 is 10.5 Å². The Kier molecular flexibility index (Phi) is 4.41. The van der Waals surface area contributed by atoms with Crippen LogP contribution in [0.25, 0.3) is 0 Å². The van der Waals surface area contributed by atoms with Crippen LogP contribution in [-0.4, -0.2) is 11.0 Å². The highest BCUT2D eigenvalue weighted by Gasteiger charge is 2.02. The van der Waals surface area contributed by atoms with Crippen LogP contribution in [0.5, 0.6) is 5.75 Å². The first kappa shape index (κ1) is 13.4. The Morgan fingerprint density at radius 2 is 1.84 bits per heavy atom. The van der Waals surface area contributed by atoms with Crippen molar-refractivity contribution in [1.29, 1.82) is 0 Å². The molecule has 0 fully saturated rings. The van der Waals surface area contributed by atoms with Crippen LogP contribution in [-0.2, 0) is 6.61 Å². The number of para-hydroxylation sites is 1. The summed E-state index contributed by atoms with van der Waals surface area (Å²) in [5, 5.41) is 11.5. The molecule has 5 heteroatoms. The van der Waals surface area contributed by atoms with Gasteiger partial charge in [-0.25, -0.2) is 0 Å². The summed E-state index contributed by atoms with van der Waals surface area (Å²) in [4.78, 5) is 0. The topological polar surface area (TPSA) is 67.8 Å². The zero-order valence-electron chi connectivity index (χ0n) is 10.1. The fraction of sp³-hybridized carbons (Fsp3) is 0.0714. The lowest BCUT2D eigenvalue weighted by Crippen LogP contribution is -2.12. The second-order valence-electron chi connectivity index (χ2n) is 3.90. The van der Waals surface area contributed by atoms with E-state index in [-0.39, 0.29) is 5.84 Å². The van der Waals surface area contributed by atoms with Crippen LogP contribution in [0.15, 0.2) is 58.2 Å². The average molecular weight is 321 g/mol. The number of amidine groups is 1. The number of nitrogens with zero attached hydrogens (tertiary/aromatic N) is 1. The average Bonchev–Trinajstić information content (AvgIpc) is 2.46. The molecule has 0 saturated carbocycles. The molecule has 0 radical (unpaired) electrons. The van der Waals surface area contributed by atoms with Gasteiger partial charge in [0.05, 0.1) is 4.47 Å². The van der Waals surface area contributed by atoms with Crippen molar-refractivity contribution in [1.82, 2.24) is 0 Å². The van der Waals surface area contributed by atoms with Gasteiger partial charge in [-0.15, -0.1) is 0 Å². The number of ether oxygens (including phenoxy) is 1. The molecule has 0 bridgehead atoms. The summed E-state index contributed by atoms with van der Waals surface area (Å²) in [6.07, 6.45) is 0. The van der Waals surface area contributed by atoms with Gasteiger partial charge in [-0.1, -0.05) is 41.6 Å². The van der Waals surface area contributed by atoms with E-state index < -0.39 is 0 Å². The first-order chi connectivity index (χ1) is 9.20. The Labute approximate surface area is 119 Å². The van der Waals surface area contributed by atoms with Crippen LogP contribution in [0.4, 0.5) is 0 Å². The Morgan fingerprint density at radius 3 is 2.47 bits per heavy atom. The zero-order chi connectivity index (χ0) is 13.7. The van der Waals surface area contributed by atoms with Crippen LogP contribution in [0, 0.1) is 0 Å². The Bertz CT molecular complexity index is 582. The molecule has 0 atom stereocenters. The molecule has 0 aliphatic heterocycles. The summed E-state index contributed by atoms with van der Waals surface area (Å²) in [6.45, 7) is 0.457. The van der Waals surface area contributed by atoms with Gasteiger partial charge in [0.1, 0.15) is 12.4 Å². The minimum Gasteiger partial charge on any atom is -0.488 e. The quantitative estimate of drug-likeness (QED) is 0.393. The summed E-state index contributed by atoms with van der Waals surface area (Å²) in [5.41, 5.74) is 7.17. The summed E-state index contributed by atoms with van der Waals surface area (Å²) in [6, 6.07) is 15.0. The normalized spacial score (nSPS) is 11.3. The maximum atomic E-state index is 8.57. The molecule has 3 N–H and O–H groups in total. The number of halogens is 1. The van der Waals surface area contributed by atoms with Gasteiger partial charge in [0.2, 0.25) is 0 Å². The number of oxime groups is 1. The van der Waals surface area contributed by atoms with Crippen molar-refractivity contribution < 1.29 is 9.94 Å². The predicted octanol–water partition coefficient (Wildman–Crippen LogP) is 3.12. The van der Waals surface area contributed by atoms with Crippen LogP contribution in [0.1, 0.15) is 11.1 Å². The lowest BCUT2D eigenvalue weighted by molar-refractivity contribution is 0.304. The van der Waals surface area contributed by atoms with Gasteiger partial charge in [0.25, 0.3) is 0 Å². The molecule has 0 aromatic heterocycles. The predicted molar refractivity (Wildman–Crippen MR) is 77.4 cm³/mol. The second kappa shape index (κ2) is 6.24. The maximum Gasteiger partial charge on any atom is 0.170 e. The number of nitrogens with two attached hydrogens (primary N) is 1. The second-order valence-corrected chi connectivity index (χ2v) is 4.76. The number of hydrogen-bond donors (Lipinski definition) is 2. The van der Waals surface area contributed by atoms with Gasteiger partial charge >= 0.3 is 0 Å². The summed E-state index contributed by atoms with van der Waals surface area (Å²) >= 11 is 3.42. The number of benzene rings is 2. The van der Waals surface area contributed by atoms with Crippen molar-refractivity contribution in [2.45, 2.75) is 6.61 Å². The molecule has 19 heavy (non-hydrogen) atoms. The van der Waals surface area contributed by atoms with E-state index in [9.17, 15) is 0 Å².